The Labute approximate surface area is 200 Å². The molecule has 1 unspecified atom stereocenters. The van der Waals surface area contributed by atoms with Crippen molar-refractivity contribution < 1.29 is 22.7 Å². The lowest BCUT2D eigenvalue weighted by Gasteiger charge is -2.36. The Bertz CT molecular complexity index is 1160. The van der Waals surface area contributed by atoms with Gasteiger partial charge in [0.15, 0.2) is 5.82 Å². The Morgan fingerprint density at radius 1 is 1.32 bits per heavy atom. The molecule has 0 spiro atoms. The third kappa shape index (κ3) is 5.17. The molecule has 1 aromatic heterocycles. The SMILES string of the molecule is CC(C)CCN(CCc1ccccn1)C1CCc2cc(O)c(N3CC(=O)NS3(=O)=O)c(F)c2C1. The molecule has 1 fully saturated rings. The molecule has 1 saturated heterocycles. The molecule has 0 radical (unpaired) electrons. The molecular formula is C24H31FN4O4S. The first-order chi connectivity index (χ1) is 16.2. The van der Waals surface area contributed by atoms with Crippen LogP contribution in [0.2, 0.25) is 0 Å². The third-order valence-electron chi connectivity index (χ3n) is 6.56. The second-order valence-corrected chi connectivity index (χ2v) is 11.0. The van der Waals surface area contributed by atoms with Gasteiger partial charge in [-0.3, -0.25) is 14.7 Å². The minimum absolute atomic E-state index is 0.0804. The minimum atomic E-state index is -4.23. The second-order valence-electron chi connectivity index (χ2n) is 9.42. The average Bonchev–Trinajstić information content (AvgIpc) is 3.06. The fourth-order valence-electron chi connectivity index (χ4n) is 4.72. The number of carbonyl (C=O) groups is 1. The summed E-state index contributed by atoms with van der Waals surface area (Å²) in [4.78, 5) is 18.5. The van der Waals surface area contributed by atoms with Gasteiger partial charge in [0.1, 0.15) is 18.0 Å². The summed E-state index contributed by atoms with van der Waals surface area (Å²) in [5, 5.41) is 10.5. The quantitative estimate of drug-likeness (QED) is 0.590. The molecular weight excluding hydrogens is 459 g/mol. The number of anilines is 1. The van der Waals surface area contributed by atoms with Crippen LogP contribution in [0.5, 0.6) is 5.75 Å². The molecule has 184 valence electrons. The van der Waals surface area contributed by atoms with Crippen LogP contribution in [0.15, 0.2) is 30.5 Å². The molecule has 1 atom stereocenters. The topological polar surface area (TPSA) is 103 Å². The first kappa shape index (κ1) is 24.4. The number of aryl methyl sites for hydroxylation is 1. The predicted molar refractivity (Wildman–Crippen MR) is 127 cm³/mol. The van der Waals surface area contributed by atoms with Crippen LogP contribution in [0.3, 0.4) is 0 Å². The summed E-state index contributed by atoms with van der Waals surface area (Å²) in [5.41, 5.74) is 1.63. The third-order valence-corrected chi connectivity index (χ3v) is 7.94. The molecule has 8 nitrogen and oxygen atoms in total. The van der Waals surface area contributed by atoms with Crippen LogP contribution in [-0.2, 0) is 34.3 Å². The van der Waals surface area contributed by atoms with E-state index in [1.807, 2.05) is 22.9 Å². The van der Waals surface area contributed by atoms with Crippen LogP contribution in [0.4, 0.5) is 10.1 Å². The van der Waals surface area contributed by atoms with Crippen molar-refractivity contribution in [2.24, 2.45) is 5.92 Å². The van der Waals surface area contributed by atoms with E-state index >= 15 is 4.39 Å². The van der Waals surface area contributed by atoms with Gasteiger partial charge in [-0.15, -0.1) is 0 Å². The van der Waals surface area contributed by atoms with Gasteiger partial charge >= 0.3 is 10.2 Å². The summed E-state index contributed by atoms with van der Waals surface area (Å²) < 4.78 is 42.7. The number of fused-ring (bicyclic) bond motifs is 1. The highest BCUT2D eigenvalue weighted by Gasteiger charge is 2.39. The molecule has 0 saturated carbocycles. The van der Waals surface area contributed by atoms with E-state index < -0.39 is 39.9 Å². The van der Waals surface area contributed by atoms with Crippen molar-refractivity contribution in [3.8, 4) is 5.75 Å². The van der Waals surface area contributed by atoms with Crippen LogP contribution in [0.1, 0.15) is 43.5 Å². The number of hydrogen-bond acceptors (Lipinski definition) is 6. The van der Waals surface area contributed by atoms with Gasteiger partial charge in [0.25, 0.3) is 5.91 Å². The number of rotatable bonds is 8. The Morgan fingerprint density at radius 3 is 2.76 bits per heavy atom. The largest absolute Gasteiger partial charge is 0.506 e. The Morgan fingerprint density at radius 2 is 2.12 bits per heavy atom. The molecule has 1 aliphatic carbocycles. The summed E-state index contributed by atoms with van der Waals surface area (Å²) in [7, 11) is -4.23. The molecule has 1 amide bonds. The summed E-state index contributed by atoms with van der Waals surface area (Å²) in [6, 6.07) is 7.37. The number of hydrogen-bond donors (Lipinski definition) is 2. The van der Waals surface area contributed by atoms with Crippen molar-refractivity contribution in [3.63, 3.8) is 0 Å². The number of benzene rings is 1. The van der Waals surface area contributed by atoms with Crippen molar-refractivity contribution in [2.45, 2.75) is 52.0 Å². The number of amides is 1. The normalized spacial score (nSPS) is 19.5. The van der Waals surface area contributed by atoms with E-state index in [0.717, 1.165) is 38.0 Å². The molecule has 10 heteroatoms. The van der Waals surface area contributed by atoms with Gasteiger partial charge in [-0.2, -0.15) is 8.42 Å². The van der Waals surface area contributed by atoms with Gasteiger partial charge < -0.3 is 5.11 Å². The highest BCUT2D eigenvalue weighted by atomic mass is 32.2. The number of phenolic OH excluding ortho intramolecular Hbond substituents is 1. The van der Waals surface area contributed by atoms with Crippen molar-refractivity contribution in [1.82, 2.24) is 14.6 Å². The zero-order chi connectivity index (χ0) is 24.5. The number of nitrogens with zero attached hydrogens (tertiary/aromatic N) is 3. The molecule has 2 heterocycles. The fraction of sp³-hybridized carbons (Fsp3) is 0.500. The number of carbonyl (C=O) groups excluding carboxylic acids is 1. The smallest absolute Gasteiger partial charge is 0.326 e. The maximum atomic E-state index is 15.7. The number of nitrogens with one attached hydrogen (secondary N) is 1. The molecule has 34 heavy (non-hydrogen) atoms. The zero-order valence-electron chi connectivity index (χ0n) is 19.5. The van der Waals surface area contributed by atoms with Crippen LogP contribution in [0.25, 0.3) is 0 Å². The van der Waals surface area contributed by atoms with Crippen molar-refractivity contribution >= 4 is 21.8 Å². The number of halogens is 1. The summed E-state index contributed by atoms with van der Waals surface area (Å²) >= 11 is 0. The van der Waals surface area contributed by atoms with E-state index in [2.05, 4.69) is 23.7 Å². The molecule has 1 aliphatic heterocycles. The highest BCUT2D eigenvalue weighted by molar-refractivity contribution is 7.92. The maximum Gasteiger partial charge on any atom is 0.326 e. The molecule has 4 rings (SSSR count). The zero-order valence-corrected chi connectivity index (χ0v) is 20.3. The van der Waals surface area contributed by atoms with Crippen molar-refractivity contribution in [2.75, 3.05) is 23.9 Å². The van der Waals surface area contributed by atoms with Crippen LogP contribution in [0, 0.1) is 11.7 Å². The van der Waals surface area contributed by atoms with Gasteiger partial charge in [-0.25, -0.2) is 13.4 Å². The Balaban J connectivity index is 1.60. The van der Waals surface area contributed by atoms with Gasteiger partial charge in [0.05, 0.1) is 0 Å². The second kappa shape index (κ2) is 9.87. The first-order valence-corrected chi connectivity index (χ1v) is 13.1. The monoisotopic (exact) mass is 490 g/mol. The van der Waals surface area contributed by atoms with Crippen molar-refractivity contribution in [3.05, 3.63) is 53.1 Å². The molecule has 2 N–H and O–H groups in total. The number of aromatic nitrogens is 1. The lowest BCUT2D eigenvalue weighted by molar-refractivity contribution is -0.117. The maximum absolute atomic E-state index is 15.7. The van der Waals surface area contributed by atoms with E-state index in [0.29, 0.717) is 34.2 Å². The predicted octanol–water partition coefficient (Wildman–Crippen LogP) is 2.56. The van der Waals surface area contributed by atoms with E-state index in [4.69, 9.17) is 0 Å². The van der Waals surface area contributed by atoms with Gasteiger partial charge in [0.2, 0.25) is 0 Å². The Hall–Kier alpha value is -2.72. The summed E-state index contributed by atoms with van der Waals surface area (Å²) in [6.45, 7) is 5.45. The number of phenols is 1. The van der Waals surface area contributed by atoms with E-state index in [-0.39, 0.29) is 6.04 Å². The van der Waals surface area contributed by atoms with Gasteiger partial charge in [0, 0.05) is 30.9 Å². The standard InChI is InChI=1S/C24H31FN4O4S/c1-16(2)8-11-28(12-9-18-5-3-4-10-26-18)19-7-6-17-13-21(30)24(23(25)20(17)14-19)29-15-22(31)27-34(29,32)33/h3-5,10,13,16,19,30H,6-9,11-12,14-15H2,1-2H3,(H,27,31). The lowest BCUT2D eigenvalue weighted by atomic mass is 9.86. The van der Waals surface area contributed by atoms with Crippen LogP contribution < -0.4 is 9.03 Å². The average molecular weight is 491 g/mol. The van der Waals surface area contributed by atoms with Crippen LogP contribution >= 0.6 is 0 Å². The highest BCUT2D eigenvalue weighted by Crippen LogP contribution is 2.40. The van der Waals surface area contributed by atoms with E-state index in [9.17, 15) is 18.3 Å². The van der Waals surface area contributed by atoms with E-state index in [1.165, 1.54) is 6.07 Å². The van der Waals surface area contributed by atoms with Crippen LogP contribution in [-0.4, -0.2) is 55.0 Å². The summed E-state index contributed by atoms with van der Waals surface area (Å²) in [6.07, 6.45) is 5.37. The number of aromatic hydroxyl groups is 1. The van der Waals surface area contributed by atoms with E-state index in [1.54, 1.807) is 6.20 Å². The summed E-state index contributed by atoms with van der Waals surface area (Å²) in [5.74, 6) is -1.47. The fourth-order valence-corrected chi connectivity index (χ4v) is 5.88. The molecule has 2 aliphatic rings. The van der Waals surface area contributed by atoms with Crippen molar-refractivity contribution in [1.29, 1.82) is 0 Å². The molecule has 2 aromatic rings. The number of pyridine rings is 1. The Kier molecular flexibility index (Phi) is 7.09. The molecule has 1 aromatic carbocycles. The lowest BCUT2D eigenvalue weighted by Crippen LogP contribution is -2.42. The first-order valence-electron chi connectivity index (χ1n) is 11.7. The van der Waals surface area contributed by atoms with Gasteiger partial charge in [-0.1, -0.05) is 19.9 Å². The minimum Gasteiger partial charge on any atom is -0.506 e. The molecule has 0 bridgehead atoms. The van der Waals surface area contributed by atoms with Gasteiger partial charge in [-0.05, 0) is 67.5 Å².